The van der Waals surface area contributed by atoms with Gasteiger partial charge in [0.15, 0.2) is 5.78 Å². The topological polar surface area (TPSA) is 43.4 Å². The highest BCUT2D eigenvalue weighted by molar-refractivity contribution is 6.13. The maximum atomic E-state index is 12.8. The lowest BCUT2D eigenvalue weighted by molar-refractivity contribution is -0.153. The molecule has 1 aliphatic rings. The molecule has 102 valence electrons. The van der Waals surface area contributed by atoms with Crippen molar-refractivity contribution in [2.24, 2.45) is 11.3 Å². The maximum absolute atomic E-state index is 12.8. The molecule has 0 N–H and O–H groups in total. The van der Waals surface area contributed by atoms with E-state index in [1.165, 1.54) is 0 Å². The van der Waals surface area contributed by atoms with Gasteiger partial charge in [-0.1, -0.05) is 43.7 Å². The van der Waals surface area contributed by atoms with Crippen LogP contribution >= 0.6 is 0 Å². The lowest BCUT2D eigenvalue weighted by atomic mass is 9.73. The third-order valence-electron chi connectivity index (χ3n) is 4.13. The second kappa shape index (κ2) is 5.55. The summed E-state index contributed by atoms with van der Waals surface area (Å²) in [6.45, 7) is 4.07. The number of hydrogen-bond acceptors (Lipinski definition) is 3. The Kier molecular flexibility index (Phi) is 4.03. The van der Waals surface area contributed by atoms with E-state index in [1.54, 1.807) is 19.1 Å². The van der Waals surface area contributed by atoms with Crippen LogP contribution in [0.5, 0.6) is 0 Å². The van der Waals surface area contributed by atoms with Crippen LogP contribution in [0.3, 0.4) is 0 Å². The molecule has 19 heavy (non-hydrogen) atoms. The molecule has 0 amide bonds. The van der Waals surface area contributed by atoms with Crippen molar-refractivity contribution in [2.45, 2.75) is 33.1 Å². The van der Waals surface area contributed by atoms with Crippen LogP contribution < -0.4 is 0 Å². The quantitative estimate of drug-likeness (QED) is 0.474. The highest BCUT2D eigenvalue weighted by Crippen LogP contribution is 2.46. The minimum atomic E-state index is -0.975. The van der Waals surface area contributed by atoms with Gasteiger partial charge in [0, 0.05) is 5.56 Å². The summed E-state index contributed by atoms with van der Waals surface area (Å²) in [5.41, 5.74) is -0.374. The molecule has 3 nitrogen and oxygen atoms in total. The molecule has 2 rings (SSSR count). The van der Waals surface area contributed by atoms with Gasteiger partial charge in [-0.3, -0.25) is 9.59 Å². The van der Waals surface area contributed by atoms with E-state index >= 15 is 0 Å². The third kappa shape index (κ3) is 2.29. The Bertz CT molecular complexity index is 466. The van der Waals surface area contributed by atoms with Gasteiger partial charge in [-0.25, -0.2) is 0 Å². The van der Waals surface area contributed by atoms with E-state index in [4.69, 9.17) is 4.74 Å². The number of carbonyl (C=O) groups excluding carboxylic acids is 2. The van der Waals surface area contributed by atoms with Gasteiger partial charge in [-0.2, -0.15) is 0 Å². The van der Waals surface area contributed by atoms with E-state index in [9.17, 15) is 9.59 Å². The van der Waals surface area contributed by atoms with Crippen LogP contribution in [0.2, 0.25) is 0 Å². The van der Waals surface area contributed by atoms with Crippen molar-refractivity contribution >= 4 is 11.8 Å². The molecule has 0 saturated heterocycles. The summed E-state index contributed by atoms with van der Waals surface area (Å²) in [7, 11) is 0. The van der Waals surface area contributed by atoms with Gasteiger partial charge in [0.1, 0.15) is 5.41 Å². The lowest BCUT2D eigenvalue weighted by Crippen LogP contribution is -2.43. The fourth-order valence-corrected chi connectivity index (χ4v) is 3.02. The summed E-state index contributed by atoms with van der Waals surface area (Å²) in [6.07, 6.45) is 2.40. The molecular weight excluding hydrogens is 240 g/mol. The fourth-order valence-electron chi connectivity index (χ4n) is 3.02. The van der Waals surface area contributed by atoms with Crippen molar-refractivity contribution in [2.75, 3.05) is 6.61 Å². The highest BCUT2D eigenvalue weighted by atomic mass is 16.5. The predicted octanol–water partition coefficient (Wildman–Crippen LogP) is 3.24. The first-order chi connectivity index (χ1) is 9.13. The molecule has 3 heteroatoms. The summed E-state index contributed by atoms with van der Waals surface area (Å²) >= 11 is 0. The van der Waals surface area contributed by atoms with Crippen LogP contribution in [0.15, 0.2) is 30.3 Å². The number of Topliss-reactive ketones (excluding diaryl/α,β-unsaturated/α-hetero) is 1. The molecule has 0 spiro atoms. The number of esters is 1. The standard InChI is InChI=1S/C16H20O3/c1-3-19-15(18)16(11-7-8-12(16)2)14(17)13-9-5-4-6-10-13/h4-6,9-10,12H,3,7-8,11H2,1-2H3. The third-order valence-corrected chi connectivity index (χ3v) is 4.13. The number of ether oxygens (including phenoxy) is 1. The van der Waals surface area contributed by atoms with Gasteiger partial charge in [0.25, 0.3) is 0 Å². The first kappa shape index (κ1) is 13.8. The molecule has 2 atom stereocenters. The van der Waals surface area contributed by atoms with E-state index in [1.807, 2.05) is 25.1 Å². The Morgan fingerprint density at radius 1 is 1.32 bits per heavy atom. The van der Waals surface area contributed by atoms with Gasteiger partial charge >= 0.3 is 5.97 Å². The SMILES string of the molecule is CCOC(=O)C1(C(=O)c2ccccc2)CCCC1C. The molecule has 0 bridgehead atoms. The Labute approximate surface area is 114 Å². The smallest absolute Gasteiger partial charge is 0.320 e. The summed E-state index contributed by atoms with van der Waals surface area (Å²) in [5.74, 6) is -0.398. The van der Waals surface area contributed by atoms with E-state index in [-0.39, 0.29) is 17.7 Å². The first-order valence-corrected chi connectivity index (χ1v) is 6.90. The van der Waals surface area contributed by atoms with Gasteiger partial charge in [-0.15, -0.1) is 0 Å². The van der Waals surface area contributed by atoms with Crippen LogP contribution in [0, 0.1) is 11.3 Å². The summed E-state index contributed by atoms with van der Waals surface area (Å²) in [6, 6.07) is 9.06. The van der Waals surface area contributed by atoms with E-state index in [0.29, 0.717) is 18.6 Å². The normalized spacial score (nSPS) is 26.1. The van der Waals surface area contributed by atoms with Crippen LogP contribution in [-0.2, 0) is 9.53 Å². The van der Waals surface area contributed by atoms with E-state index < -0.39 is 5.41 Å². The number of ketones is 1. The molecule has 0 aromatic heterocycles. The molecular formula is C16H20O3. The van der Waals surface area contributed by atoms with Crippen LogP contribution in [0.25, 0.3) is 0 Å². The Balaban J connectivity index is 2.39. The van der Waals surface area contributed by atoms with Crippen LogP contribution in [-0.4, -0.2) is 18.4 Å². The maximum Gasteiger partial charge on any atom is 0.320 e. The van der Waals surface area contributed by atoms with Gasteiger partial charge in [0.05, 0.1) is 6.61 Å². The summed E-state index contributed by atoms with van der Waals surface area (Å²) in [5, 5.41) is 0. The second-order valence-corrected chi connectivity index (χ2v) is 5.18. The van der Waals surface area contributed by atoms with E-state index in [2.05, 4.69) is 0 Å². The van der Waals surface area contributed by atoms with Crippen molar-refractivity contribution in [3.05, 3.63) is 35.9 Å². The van der Waals surface area contributed by atoms with Crippen LogP contribution in [0.4, 0.5) is 0 Å². The van der Waals surface area contributed by atoms with Crippen molar-refractivity contribution < 1.29 is 14.3 Å². The van der Waals surface area contributed by atoms with Crippen molar-refractivity contribution in [1.29, 1.82) is 0 Å². The molecule has 0 aliphatic heterocycles. The minimum absolute atomic E-state index is 0.0410. The van der Waals surface area contributed by atoms with Crippen molar-refractivity contribution in [3.63, 3.8) is 0 Å². The van der Waals surface area contributed by atoms with Gasteiger partial charge in [0.2, 0.25) is 0 Å². The zero-order valence-electron chi connectivity index (χ0n) is 11.5. The number of carbonyl (C=O) groups is 2. The first-order valence-electron chi connectivity index (χ1n) is 6.90. The van der Waals surface area contributed by atoms with Gasteiger partial charge < -0.3 is 4.74 Å². The molecule has 1 aliphatic carbocycles. The molecule has 0 heterocycles. The molecule has 1 saturated carbocycles. The number of benzene rings is 1. The average molecular weight is 260 g/mol. The number of hydrogen-bond donors (Lipinski definition) is 0. The minimum Gasteiger partial charge on any atom is -0.465 e. The lowest BCUT2D eigenvalue weighted by Gasteiger charge is -2.29. The summed E-state index contributed by atoms with van der Waals surface area (Å²) in [4.78, 5) is 25.1. The van der Waals surface area contributed by atoms with Crippen molar-refractivity contribution in [1.82, 2.24) is 0 Å². The van der Waals surface area contributed by atoms with E-state index in [0.717, 1.165) is 12.8 Å². The predicted molar refractivity (Wildman–Crippen MR) is 72.9 cm³/mol. The average Bonchev–Trinajstić information content (AvgIpc) is 2.82. The molecule has 1 aromatic carbocycles. The highest BCUT2D eigenvalue weighted by Gasteiger charge is 2.53. The molecule has 1 fully saturated rings. The molecule has 2 unspecified atom stereocenters. The zero-order valence-corrected chi connectivity index (χ0v) is 11.5. The molecule has 0 radical (unpaired) electrons. The zero-order chi connectivity index (χ0) is 13.9. The second-order valence-electron chi connectivity index (χ2n) is 5.18. The van der Waals surface area contributed by atoms with Crippen molar-refractivity contribution in [3.8, 4) is 0 Å². The Morgan fingerprint density at radius 3 is 2.53 bits per heavy atom. The monoisotopic (exact) mass is 260 g/mol. The fraction of sp³-hybridized carbons (Fsp3) is 0.500. The summed E-state index contributed by atoms with van der Waals surface area (Å²) < 4.78 is 5.18. The largest absolute Gasteiger partial charge is 0.465 e. The Hall–Kier alpha value is -1.64. The number of rotatable bonds is 4. The molecule has 1 aromatic rings. The van der Waals surface area contributed by atoms with Crippen LogP contribution in [0.1, 0.15) is 43.5 Å². The Morgan fingerprint density at radius 2 is 2.00 bits per heavy atom. The van der Waals surface area contributed by atoms with Gasteiger partial charge in [-0.05, 0) is 25.7 Å².